The molecule has 2 rings (SSSR count). The van der Waals surface area contributed by atoms with E-state index in [0.717, 1.165) is 0 Å². The van der Waals surface area contributed by atoms with Crippen LogP contribution in [0.1, 0.15) is 18.0 Å². The highest BCUT2D eigenvalue weighted by Crippen LogP contribution is 2.41. The van der Waals surface area contributed by atoms with Crippen LogP contribution in [0, 0.1) is 0 Å². The zero-order valence-electron chi connectivity index (χ0n) is 12.6. The van der Waals surface area contributed by atoms with E-state index in [9.17, 15) is 18.3 Å². The molecule has 0 bridgehead atoms. The molecule has 0 aliphatic carbocycles. The number of piperazine rings is 1. The van der Waals surface area contributed by atoms with Gasteiger partial charge in [0.1, 0.15) is 0 Å². The average Bonchev–Trinajstić information content (AvgIpc) is 2.45. The first-order chi connectivity index (χ1) is 9.92. The van der Waals surface area contributed by atoms with Crippen LogP contribution in [-0.2, 0) is 0 Å². The maximum Gasteiger partial charge on any atom is 0.390 e. The summed E-state index contributed by atoms with van der Waals surface area (Å²) >= 11 is 0. The summed E-state index contributed by atoms with van der Waals surface area (Å²) in [5, 5.41) is 13.3. The second kappa shape index (κ2) is 9.42. The van der Waals surface area contributed by atoms with E-state index in [-0.39, 0.29) is 41.9 Å². The van der Waals surface area contributed by atoms with Crippen LogP contribution < -0.4 is 10.1 Å². The molecular formula is C14H21Cl2F3N2O2. The molecule has 0 spiro atoms. The summed E-state index contributed by atoms with van der Waals surface area (Å²) < 4.78 is 43.7. The first-order valence-corrected chi connectivity index (χ1v) is 6.80. The Balaban J connectivity index is 0.00000242. The van der Waals surface area contributed by atoms with Crippen LogP contribution in [0.5, 0.6) is 11.5 Å². The Morgan fingerprint density at radius 2 is 1.87 bits per heavy atom. The van der Waals surface area contributed by atoms with Crippen LogP contribution in [0.25, 0.3) is 0 Å². The number of hydrogen-bond acceptors (Lipinski definition) is 4. The third kappa shape index (κ3) is 5.91. The SMILES string of the molecule is COc1cccc([C@H](CC(F)(F)F)N2CCNCC2)c1O.Cl.Cl. The van der Waals surface area contributed by atoms with Crippen LogP contribution in [0.4, 0.5) is 13.2 Å². The monoisotopic (exact) mass is 376 g/mol. The fourth-order valence-electron chi connectivity index (χ4n) is 2.62. The van der Waals surface area contributed by atoms with Crippen molar-refractivity contribution in [2.75, 3.05) is 33.3 Å². The van der Waals surface area contributed by atoms with Crippen molar-refractivity contribution in [3.8, 4) is 11.5 Å². The summed E-state index contributed by atoms with van der Waals surface area (Å²) in [6, 6.07) is 3.75. The van der Waals surface area contributed by atoms with Crippen molar-refractivity contribution in [2.24, 2.45) is 0 Å². The number of benzene rings is 1. The number of aromatic hydroxyl groups is 1. The summed E-state index contributed by atoms with van der Waals surface area (Å²) in [5.41, 5.74) is 0.258. The van der Waals surface area contributed by atoms with Crippen LogP contribution in [0.3, 0.4) is 0 Å². The Labute approximate surface area is 145 Å². The Morgan fingerprint density at radius 1 is 1.26 bits per heavy atom. The van der Waals surface area contributed by atoms with E-state index in [2.05, 4.69) is 5.32 Å². The lowest BCUT2D eigenvalue weighted by atomic mass is 9.99. The number of hydrogen-bond donors (Lipinski definition) is 2. The summed E-state index contributed by atoms with van der Waals surface area (Å²) in [7, 11) is 1.38. The van der Waals surface area contributed by atoms with Crippen LogP contribution in [0.15, 0.2) is 18.2 Å². The van der Waals surface area contributed by atoms with Crippen LogP contribution in [-0.4, -0.2) is 49.5 Å². The molecule has 1 fully saturated rings. The first kappa shape index (κ1) is 22.1. The van der Waals surface area contributed by atoms with Gasteiger partial charge in [-0.2, -0.15) is 13.2 Å². The van der Waals surface area contributed by atoms with Gasteiger partial charge in [0.15, 0.2) is 11.5 Å². The number of rotatable bonds is 4. The summed E-state index contributed by atoms with van der Waals surface area (Å²) in [6.45, 7) is 2.30. The van der Waals surface area contributed by atoms with Crippen molar-refractivity contribution in [3.05, 3.63) is 23.8 Å². The van der Waals surface area contributed by atoms with Gasteiger partial charge in [0.25, 0.3) is 0 Å². The third-order valence-electron chi connectivity index (χ3n) is 3.63. The smallest absolute Gasteiger partial charge is 0.390 e. The number of ether oxygens (including phenoxy) is 1. The van der Waals surface area contributed by atoms with Crippen LogP contribution in [0.2, 0.25) is 0 Å². The van der Waals surface area contributed by atoms with Gasteiger partial charge in [-0.05, 0) is 6.07 Å². The van der Waals surface area contributed by atoms with Gasteiger partial charge in [-0.1, -0.05) is 12.1 Å². The molecule has 1 aliphatic heterocycles. The second-order valence-electron chi connectivity index (χ2n) is 5.02. The number of nitrogens with zero attached hydrogens (tertiary/aromatic N) is 1. The topological polar surface area (TPSA) is 44.7 Å². The lowest BCUT2D eigenvalue weighted by Gasteiger charge is -2.36. The number of phenols is 1. The largest absolute Gasteiger partial charge is 0.504 e. The maximum absolute atomic E-state index is 12.9. The van der Waals surface area contributed by atoms with Gasteiger partial charge in [0.05, 0.1) is 13.5 Å². The molecule has 1 aromatic rings. The van der Waals surface area contributed by atoms with Gasteiger partial charge in [-0.15, -0.1) is 24.8 Å². The van der Waals surface area contributed by atoms with Crippen molar-refractivity contribution in [3.63, 3.8) is 0 Å². The minimum Gasteiger partial charge on any atom is -0.504 e. The lowest BCUT2D eigenvalue weighted by molar-refractivity contribution is -0.148. The standard InChI is InChI=1S/C14H19F3N2O2.2ClH/c1-21-12-4-2-3-10(13(12)20)11(9-14(15,16)17)19-7-5-18-6-8-19;;/h2-4,11,18,20H,5-9H2,1H3;2*1H/t11-;;/m0../s1. The number of halogens is 5. The summed E-state index contributed by atoms with van der Waals surface area (Å²) in [5.74, 6) is -0.0254. The molecule has 0 saturated carbocycles. The highest BCUT2D eigenvalue weighted by molar-refractivity contribution is 5.85. The predicted octanol–water partition coefficient (Wildman–Crippen LogP) is 3.14. The molecule has 0 radical (unpaired) electrons. The molecule has 2 N–H and O–H groups in total. The van der Waals surface area contributed by atoms with Gasteiger partial charge in [-0.3, -0.25) is 4.90 Å². The van der Waals surface area contributed by atoms with E-state index >= 15 is 0 Å². The molecule has 0 aromatic heterocycles. The summed E-state index contributed by atoms with van der Waals surface area (Å²) in [4.78, 5) is 1.75. The molecular weight excluding hydrogens is 356 g/mol. The minimum absolute atomic E-state index is 0. The Bertz CT molecular complexity index is 484. The van der Waals surface area contributed by atoms with Gasteiger partial charge in [0, 0.05) is 37.8 Å². The highest BCUT2D eigenvalue weighted by atomic mass is 35.5. The van der Waals surface area contributed by atoms with Gasteiger partial charge in [-0.25, -0.2) is 0 Å². The van der Waals surface area contributed by atoms with Gasteiger partial charge < -0.3 is 15.2 Å². The molecule has 1 heterocycles. The number of para-hydroxylation sites is 1. The van der Waals surface area contributed by atoms with Crippen molar-refractivity contribution in [1.29, 1.82) is 0 Å². The Morgan fingerprint density at radius 3 is 2.39 bits per heavy atom. The molecule has 1 aromatic carbocycles. The predicted molar refractivity (Wildman–Crippen MR) is 87.0 cm³/mol. The Hall–Kier alpha value is -0.890. The summed E-state index contributed by atoms with van der Waals surface area (Å²) in [6.07, 6.45) is -5.29. The molecule has 1 atom stereocenters. The number of phenolic OH excluding ortho intramolecular Hbond substituents is 1. The zero-order valence-corrected chi connectivity index (χ0v) is 14.2. The quantitative estimate of drug-likeness (QED) is 0.847. The molecule has 0 amide bonds. The van der Waals surface area contributed by atoms with Crippen molar-refractivity contribution < 1.29 is 23.0 Å². The number of methoxy groups -OCH3 is 1. The first-order valence-electron chi connectivity index (χ1n) is 6.80. The fraction of sp³-hybridized carbons (Fsp3) is 0.571. The maximum atomic E-state index is 12.9. The van der Waals surface area contributed by atoms with E-state index in [1.54, 1.807) is 11.0 Å². The molecule has 4 nitrogen and oxygen atoms in total. The molecule has 9 heteroatoms. The molecule has 1 saturated heterocycles. The van der Waals surface area contributed by atoms with Crippen molar-refractivity contribution in [1.82, 2.24) is 10.2 Å². The molecule has 0 unspecified atom stereocenters. The molecule has 134 valence electrons. The molecule has 23 heavy (non-hydrogen) atoms. The lowest BCUT2D eigenvalue weighted by Crippen LogP contribution is -2.46. The zero-order chi connectivity index (χ0) is 15.5. The average molecular weight is 377 g/mol. The third-order valence-corrected chi connectivity index (χ3v) is 3.63. The van der Waals surface area contributed by atoms with E-state index < -0.39 is 18.6 Å². The Kier molecular flexibility index (Phi) is 9.05. The van der Waals surface area contributed by atoms with E-state index in [1.807, 2.05) is 0 Å². The van der Waals surface area contributed by atoms with Gasteiger partial charge >= 0.3 is 6.18 Å². The van der Waals surface area contributed by atoms with Gasteiger partial charge in [0.2, 0.25) is 0 Å². The molecule has 1 aliphatic rings. The fourth-order valence-corrected chi connectivity index (χ4v) is 2.62. The van der Waals surface area contributed by atoms with E-state index in [1.165, 1.54) is 19.2 Å². The number of nitrogens with one attached hydrogen (secondary N) is 1. The number of alkyl halides is 3. The van der Waals surface area contributed by atoms with E-state index in [0.29, 0.717) is 26.2 Å². The normalized spacial score (nSPS) is 16.9. The van der Waals surface area contributed by atoms with Crippen LogP contribution >= 0.6 is 24.8 Å². The van der Waals surface area contributed by atoms with Crippen molar-refractivity contribution >= 4 is 24.8 Å². The van der Waals surface area contributed by atoms with E-state index in [4.69, 9.17) is 4.74 Å². The second-order valence-corrected chi connectivity index (χ2v) is 5.02. The minimum atomic E-state index is -4.30. The van der Waals surface area contributed by atoms with Crippen molar-refractivity contribution in [2.45, 2.75) is 18.6 Å². The highest BCUT2D eigenvalue weighted by Gasteiger charge is 2.37.